The zero-order valence-electron chi connectivity index (χ0n) is 10.2. The highest BCUT2D eigenvalue weighted by Gasteiger charge is 2.19. The number of anilines is 1. The van der Waals surface area contributed by atoms with E-state index < -0.39 is 5.91 Å². The van der Waals surface area contributed by atoms with E-state index in [0.29, 0.717) is 16.1 Å². The van der Waals surface area contributed by atoms with Gasteiger partial charge in [-0.25, -0.2) is 4.98 Å². The molecule has 6 nitrogen and oxygen atoms in total. The summed E-state index contributed by atoms with van der Waals surface area (Å²) < 4.78 is 8.11. The standard InChI is InChI=1S/C12H6Cl2N4O2S/c13-5-4-6(14)9-11(18-21-17-9)8(5)16-12(20)10-7(19)2-1-3-15-10/h1-4,19H,(H,16,20). The molecular weight excluding hydrogens is 335 g/mol. The molecule has 1 aromatic carbocycles. The number of nitrogens with zero attached hydrogens (tertiary/aromatic N) is 3. The molecule has 0 aliphatic heterocycles. The maximum Gasteiger partial charge on any atom is 0.278 e. The first-order chi connectivity index (χ1) is 10.1. The molecule has 0 saturated carbocycles. The van der Waals surface area contributed by atoms with E-state index in [1.54, 1.807) is 0 Å². The zero-order chi connectivity index (χ0) is 15.0. The number of pyridine rings is 1. The van der Waals surface area contributed by atoms with Crippen LogP contribution in [-0.2, 0) is 0 Å². The first-order valence-corrected chi connectivity index (χ1v) is 7.12. The fourth-order valence-corrected chi connectivity index (χ4v) is 2.90. The van der Waals surface area contributed by atoms with Crippen LogP contribution in [0.4, 0.5) is 5.69 Å². The minimum absolute atomic E-state index is 0.111. The SMILES string of the molecule is O=C(Nc1c(Cl)cc(Cl)c2nsnc12)c1ncccc1O. The van der Waals surface area contributed by atoms with Crippen LogP contribution in [0.15, 0.2) is 24.4 Å². The molecule has 3 aromatic rings. The van der Waals surface area contributed by atoms with Crippen molar-refractivity contribution in [2.75, 3.05) is 5.32 Å². The van der Waals surface area contributed by atoms with Crippen LogP contribution in [0.25, 0.3) is 11.0 Å². The minimum atomic E-state index is -0.605. The number of hydrogen-bond acceptors (Lipinski definition) is 6. The molecule has 0 saturated heterocycles. The predicted molar refractivity (Wildman–Crippen MR) is 81.3 cm³/mol. The summed E-state index contributed by atoms with van der Waals surface area (Å²) in [4.78, 5) is 16.0. The lowest BCUT2D eigenvalue weighted by molar-refractivity contribution is 0.101. The molecule has 2 N–H and O–H groups in total. The summed E-state index contributed by atoms with van der Waals surface area (Å²) in [6, 6.07) is 4.36. The molecule has 1 amide bonds. The van der Waals surface area contributed by atoms with Crippen molar-refractivity contribution in [3.63, 3.8) is 0 Å². The van der Waals surface area contributed by atoms with Crippen LogP contribution in [0.2, 0.25) is 10.0 Å². The fraction of sp³-hybridized carbons (Fsp3) is 0. The number of benzene rings is 1. The van der Waals surface area contributed by atoms with Crippen LogP contribution in [0.3, 0.4) is 0 Å². The second-order valence-electron chi connectivity index (χ2n) is 4.00. The monoisotopic (exact) mass is 340 g/mol. The smallest absolute Gasteiger partial charge is 0.278 e. The fourth-order valence-electron chi connectivity index (χ4n) is 1.74. The van der Waals surface area contributed by atoms with Crippen LogP contribution in [-0.4, -0.2) is 24.7 Å². The lowest BCUT2D eigenvalue weighted by Gasteiger charge is -2.08. The van der Waals surface area contributed by atoms with Crippen molar-refractivity contribution in [1.82, 2.24) is 13.7 Å². The van der Waals surface area contributed by atoms with Gasteiger partial charge in [0.2, 0.25) is 0 Å². The quantitative estimate of drug-likeness (QED) is 0.746. The highest BCUT2D eigenvalue weighted by molar-refractivity contribution is 7.00. The van der Waals surface area contributed by atoms with Gasteiger partial charge in [-0.3, -0.25) is 4.79 Å². The number of amides is 1. The van der Waals surface area contributed by atoms with Crippen molar-refractivity contribution >= 4 is 57.6 Å². The van der Waals surface area contributed by atoms with Gasteiger partial charge < -0.3 is 10.4 Å². The summed E-state index contributed by atoms with van der Waals surface area (Å²) in [6.07, 6.45) is 1.40. The molecule has 0 aliphatic rings. The number of rotatable bonds is 2. The van der Waals surface area contributed by atoms with Crippen molar-refractivity contribution in [2.45, 2.75) is 0 Å². The van der Waals surface area contributed by atoms with Gasteiger partial charge in [-0.1, -0.05) is 23.2 Å². The van der Waals surface area contributed by atoms with E-state index in [-0.39, 0.29) is 22.2 Å². The van der Waals surface area contributed by atoms with Gasteiger partial charge in [-0.05, 0) is 18.2 Å². The van der Waals surface area contributed by atoms with Gasteiger partial charge in [0.15, 0.2) is 5.69 Å². The highest BCUT2D eigenvalue weighted by Crippen LogP contribution is 2.35. The van der Waals surface area contributed by atoms with E-state index in [4.69, 9.17) is 23.2 Å². The molecule has 106 valence electrons. The first kappa shape index (κ1) is 14.0. The average Bonchev–Trinajstić information content (AvgIpc) is 2.93. The molecule has 0 bridgehead atoms. The van der Waals surface area contributed by atoms with E-state index in [0.717, 1.165) is 11.7 Å². The van der Waals surface area contributed by atoms with Gasteiger partial charge >= 0.3 is 0 Å². The van der Waals surface area contributed by atoms with Gasteiger partial charge in [0, 0.05) is 6.20 Å². The molecule has 2 heterocycles. The Kier molecular flexibility index (Phi) is 3.62. The first-order valence-electron chi connectivity index (χ1n) is 5.63. The molecule has 0 fully saturated rings. The Morgan fingerprint density at radius 3 is 2.76 bits per heavy atom. The second kappa shape index (κ2) is 5.44. The predicted octanol–water partition coefficient (Wildman–Crippen LogP) is 3.35. The van der Waals surface area contributed by atoms with E-state index in [1.165, 1.54) is 24.4 Å². The van der Waals surface area contributed by atoms with Crippen molar-refractivity contribution in [3.8, 4) is 5.75 Å². The van der Waals surface area contributed by atoms with Gasteiger partial charge in [-0.2, -0.15) is 8.75 Å². The normalized spacial score (nSPS) is 10.8. The molecule has 0 aliphatic carbocycles. The van der Waals surface area contributed by atoms with E-state index in [2.05, 4.69) is 19.0 Å². The zero-order valence-corrected chi connectivity index (χ0v) is 12.5. The highest BCUT2D eigenvalue weighted by atomic mass is 35.5. The van der Waals surface area contributed by atoms with Gasteiger partial charge in [0.05, 0.1) is 27.5 Å². The number of hydrogen-bond donors (Lipinski definition) is 2. The Labute approximate surface area is 132 Å². The maximum atomic E-state index is 12.2. The van der Waals surface area contributed by atoms with Crippen LogP contribution in [0.5, 0.6) is 5.75 Å². The lowest BCUT2D eigenvalue weighted by atomic mass is 10.2. The molecule has 0 spiro atoms. The number of aromatic nitrogens is 3. The molecular formula is C12H6Cl2N4O2S. The number of halogens is 2. The summed E-state index contributed by atoms with van der Waals surface area (Å²) in [5, 5.41) is 12.8. The second-order valence-corrected chi connectivity index (χ2v) is 5.34. The van der Waals surface area contributed by atoms with Crippen LogP contribution >= 0.6 is 34.9 Å². The minimum Gasteiger partial charge on any atom is -0.505 e. The van der Waals surface area contributed by atoms with Crippen LogP contribution in [0, 0.1) is 0 Å². The van der Waals surface area contributed by atoms with Crippen molar-refractivity contribution in [2.24, 2.45) is 0 Å². The summed E-state index contributed by atoms with van der Waals surface area (Å²) in [6.45, 7) is 0. The van der Waals surface area contributed by atoms with Crippen LogP contribution in [0.1, 0.15) is 10.5 Å². The number of carbonyl (C=O) groups excluding carboxylic acids is 1. The maximum absolute atomic E-state index is 12.2. The molecule has 21 heavy (non-hydrogen) atoms. The third kappa shape index (κ3) is 2.51. The number of aromatic hydroxyl groups is 1. The lowest BCUT2D eigenvalue weighted by Crippen LogP contribution is -2.14. The number of nitrogens with one attached hydrogen (secondary N) is 1. The van der Waals surface area contributed by atoms with E-state index in [1.807, 2.05) is 0 Å². The van der Waals surface area contributed by atoms with Crippen molar-refractivity contribution in [3.05, 3.63) is 40.1 Å². The van der Waals surface area contributed by atoms with Crippen molar-refractivity contribution in [1.29, 1.82) is 0 Å². The van der Waals surface area contributed by atoms with Gasteiger partial charge in [-0.15, -0.1) is 0 Å². The average molecular weight is 341 g/mol. The van der Waals surface area contributed by atoms with Gasteiger partial charge in [0.1, 0.15) is 16.8 Å². The summed E-state index contributed by atoms with van der Waals surface area (Å²) in [7, 11) is 0. The Balaban J connectivity index is 2.05. The molecule has 2 aromatic heterocycles. The largest absolute Gasteiger partial charge is 0.505 e. The summed E-state index contributed by atoms with van der Waals surface area (Å²) in [5.41, 5.74) is 1.01. The van der Waals surface area contributed by atoms with Crippen LogP contribution < -0.4 is 5.32 Å². The molecule has 0 unspecified atom stereocenters. The Morgan fingerprint density at radius 2 is 2.00 bits per heavy atom. The third-order valence-electron chi connectivity index (χ3n) is 2.68. The van der Waals surface area contributed by atoms with E-state index in [9.17, 15) is 9.90 Å². The van der Waals surface area contributed by atoms with E-state index >= 15 is 0 Å². The summed E-state index contributed by atoms with van der Waals surface area (Å²) >= 11 is 13.1. The van der Waals surface area contributed by atoms with Gasteiger partial charge in [0.25, 0.3) is 5.91 Å². The number of fused-ring (bicyclic) bond motifs is 1. The molecule has 0 atom stereocenters. The third-order valence-corrected chi connectivity index (χ3v) is 3.80. The van der Waals surface area contributed by atoms with Crippen molar-refractivity contribution < 1.29 is 9.90 Å². The molecule has 3 rings (SSSR count). The topological polar surface area (TPSA) is 88.0 Å². The molecule has 9 heteroatoms. The Morgan fingerprint density at radius 1 is 1.24 bits per heavy atom. The summed E-state index contributed by atoms with van der Waals surface area (Å²) in [5.74, 6) is -0.834. The Bertz CT molecular complexity index is 852. The number of carbonyl (C=O) groups is 1. The molecule has 0 radical (unpaired) electrons. The Hall–Kier alpha value is -1.96.